The Morgan fingerprint density at radius 3 is 2.47 bits per heavy atom. The summed E-state index contributed by atoms with van der Waals surface area (Å²) < 4.78 is 22.8. The smallest absolute Gasteiger partial charge is 0.365 e. The molecule has 16 heteroatoms. The first-order valence-electron chi connectivity index (χ1n) is 19.0. The Morgan fingerprint density at radius 2 is 1.78 bits per heavy atom. The van der Waals surface area contributed by atoms with Crippen molar-refractivity contribution in [3.63, 3.8) is 0 Å². The second kappa shape index (κ2) is 19.9. The van der Waals surface area contributed by atoms with Gasteiger partial charge in [0.2, 0.25) is 23.6 Å². The average Bonchev–Trinajstić information content (AvgIpc) is 3.82. The molecule has 2 saturated heterocycles. The van der Waals surface area contributed by atoms with Gasteiger partial charge in [-0.1, -0.05) is 55.8 Å². The third-order valence-corrected chi connectivity index (χ3v) is 11.1. The largest absolute Gasteiger partial charge is 0.481 e. The van der Waals surface area contributed by atoms with Crippen molar-refractivity contribution in [3.8, 4) is 5.75 Å². The van der Waals surface area contributed by atoms with Gasteiger partial charge in [0.25, 0.3) is 0 Å². The predicted octanol–water partition coefficient (Wildman–Crippen LogP) is 3.29. The molecular weight excluding hydrogens is 725 g/mol. The van der Waals surface area contributed by atoms with Crippen LogP contribution < -0.4 is 20.7 Å². The van der Waals surface area contributed by atoms with E-state index in [1.807, 2.05) is 37.3 Å². The fourth-order valence-electron chi connectivity index (χ4n) is 7.02. The zero-order valence-corrected chi connectivity index (χ0v) is 32.7. The monoisotopic (exact) mass is 779 g/mol. The maximum Gasteiger partial charge on any atom is 0.365 e. The first-order valence-corrected chi connectivity index (χ1v) is 20.8. The fourth-order valence-corrected chi connectivity index (χ4v) is 7.82. The van der Waals surface area contributed by atoms with Crippen molar-refractivity contribution in [3.05, 3.63) is 83.9 Å². The highest BCUT2D eigenvalue weighted by Gasteiger charge is 2.45. The number of aromatic amines is 1. The summed E-state index contributed by atoms with van der Waals surface area (Å²) in [4.78, 5) is 75.8. The minimum atomic E-state index is -3.88. The molecule has 2 unspecified atom stereocenters. The number of likely N-dealkylation sites (N-methyl/N-ethyl adjacent to an activating group) is 1. The highest BCUT2D eigenvalue weighted by atomic mass is 31.2. The lowest BCUT2D eigenvalue weighted by atomic mass is 10.0. The van der Waals surface area contributed by atoms with Crippen molar-refractivity contribution in [2.75, 3.05) is 27.1 Å². The molecule has 0 saturated carbocycles. The van der Waals surface area contributed by atoms with Gasteiger partial charge in [0.15, 0.2) is 6.35 Å². The Kier molecular flexibility index (Phi) is 15.0. The van der Waals surface area contributed by atoms with Crippen LogP contribution in [-0.2, 0) is 47.7 Å². The molecular formula is C39H54N7O8P. The number of amides is 4. The van der Waals surface area contributed by atoms with E-state index in [0.717, 1.165) is 17.5 Å². The molecule has 15 nitrogen and oxygen atoms in total. The number of rotatable bonds is 19. The predicted molar refractivity (Wildman–Crippen MR) is 206 cm³/mol. The summed E-state index contributed by atoms with van der Waals surface area (Å²) in [6, 6.07) is 13.1. The van der Waals surface area contributed by atoms with Crippen molar-refractivity contribution in [2.24, 2.45) is 0 Å². The van der Waals surface area contributed by atoms with E-state index in [-0.39, 0.29) is 36.8 Å². The van der Waals surface area contributed by atoms with E-state index in [9.17, 15) is 28.6 Å². The molecule has 5 rings (SSSR count). The number of H-pyrrole nitrogens is 1. The van der Waals surface area contributed by atoms with Crippen LogP contribution in [0.4, 0.5) is 0 Å². The van der Waals surface area contributed by atoms with Gasteiger partial charge in [-0.15, -0.1) is 0 Å². The van der Waals surface area contributed by atoms with Crippen molar-refractivity contribution in [2.45, 2.75) is 101 Å². The Balaban J connectivity index is 1.20. The number of benzene rings is 2. The summed E-state index contributed by atoms with van der Waals surface area (Å²) in [6.07, 6.45) is 7.65. The minimum absolute atomic E-state index is 0.142. The number of unbranched alkanes of at least 4 members (excludes halogenated alkanes) is 1. The van der Waals surface area contributed by atoms with Crippen LogP contribution in [0, 0.1) is 0 Å². The fraction of sp³-hybridized carbons (Fsp3) is 0.513. The van der Waals surface area contributed by atoms with E-state index in [4.69, 9.17) is 9.26 Å². The number of ether oxygens (including phenoxy) is 1. The van der Waals surface area contributed by atoms with E-state index in [0.29, 0.717) is 62.9 Å². The van der Waals surface area contributed by atoms with Crippen LogP contribution in [-0.4, -0.2) is 106 Å². The first-order chi connectivity index (χ1) is 26.4. The number of hydrogen-bond donors (Lipinski definition) is 5. The number of hydrogen-bond acceptors (Lipinski definition) is 9. The number of nitrogens with one attached hydrogen (secondary N) is 4. The van der Waals surface area contributed by atoms with Crippen LogP contribution in [0.5, 0.6) is 5.75 Å². The molecule has 0 spiro atoms. The zero-order chi connectivity index (χ0) is 39.4. The first kappa shape index (κ1) is 41.6. The molecule has 0 radical (unpaired) electrons. The summed E-state index contributed by atoms with van der Waals surface area (Å²) in [6.45, 7) is 2.44. The van der Waals surface area contributed by atoms with Crippen LogP contribution in [0.2, 0.25) is 0 Å². The number of aromatic nitrogens is 2. The molecule has 6 atom stereocenters. The number of carbonyl (C=O) groups excluding carboxylic acids is 4. The highest BCUT2D eigenvalue weighted by molar-refractivity contribution is 7.52. The molecule has 0 aliphatic carbocycles. The van der Waals surface area contributed by atoms with Crippen molar-refractivity contribution < 1.29 is 37.9 Å². The van der Waals surface area contributed by atoms with Gasteiger partial charge in [0.05, 0.1) is 19.0 Å². The maximum atomic E-state index is 14.2. The topological polar surface area (TPSA) is 195 Å². The van der Waals surface area contributed by atoms with Crippen LogP contribution in [0.15, 0.2) is 67.1 Å². The second-order valence-electron chi connectivity index (χ2n) is 14.5. The summed E-state index contributed by atoms with van der Waals surface area (Å²) in [5, 5.41) is 8.84. The lowest BCUT2D eigenvalue weighted by Crippen LogP contribution is -2.58. The third-order valence-electron chi connectivity index (χ3n) is 10.1. The SMILES string of the molecule is CCCCOP(=O)(O)COc1ccc(C[C@@H](C(=O)N[C@H]2CCCC3CC[C@@H](C(=O)N[C@@H](Cc4cnc[nH]4)C(=O)NCc4ccccc4)N3C2=O)N(C)C)cc1. The van der Waals surface area contributed by atoms with Gasteiger partial charge in [-0.2, -0.15) is 0 Å². The van der Waals surface area contributed by atoms with E-state index in [2.05, 4.69) is 25.9 Å². The summed E-state index contributed by atoms with van der Waals surface area (Å²) >= 11 is 0. The van der Waals surface area contributed by atoms with Crippen molar-refractivity contribution in [1.29, 1.82) is 0 Å². The van der Waals surface area contributed by atoms with Gasteiger partial charge < -0.3 is 40.0 Å². The molecule has 2 aliphatic rings. The number of carbonyl (C=O) groups is 4. The molecule has 3 heterocycles. The Labute approximate surface area is 322 Å². The third kappa shape index (κ3) is 12.0. The van der Waals surface area contributed by atoms with Gasteiger partial charge in [0, 0.05) is 30.9 Å². The number of nitrogens with zero attached hydrogens (tertiary/aromatic N) is 3. The van der Waals surface area contributed by atoms with Crippen molar-refractivity contribution in [1.82, 2.24) is 35.7 Å². The lowest BCUT2D eigenvalue weighted by molar-refractivity contribution is -0.143. The zero-order valence-electron chi connectivity index (χ0n) is 31.8. The molecule has 298 valence electrons. The Bertz CT molecular complexity index is 1760. The van der Waals surface area contributed by atoms with Gasteiger partial charge >= 0.3 is 7.60 Å². The van der Waals surface area contributed by atoms with Gasteiger partial charge in [-0.3, -0.25) is 28.6 Å². The standard InChI is InChI=1S/C39H54N7O8P/c1-4-5-20-54-55(51,52)26-53-31-17-14-27(15-18-31)21-35(45(2)3)38(49)43-32-13-9-12-30-16-19-34(46(30)39(32)50)37(48)44-33(22-29-24-40-25-42-29)36(47)41-23-28-10-7-6-8-11-28/h6-8,10-11,14-15,17-18,24-25,30,32-35H,4-5,9,12-13,16,19-23,26H2,1-3H3,(H,40,42)(H,41,47)(H,43,49)(H,44,48)(H,51,52)/t30?,32-,33-,34-,35-/m0/s1. The quantitative estimate of drug-likeness (QED) is 0.0891. The Hall–Kier alpha value is -4.56. The molecule has 0 bridgehead atoms. The minimum Gasteiger partial charge on any atom is -0.481 e. The molecule has 1 aromatic heterocycles. The average molecular weight is 780 g/mol. The van der Waals surface area contributed by atoms with Crippen LogP contribution in [0.25, 0.3) is 0 Å². The van der Waals surface area contributed by atoms with E-state index < -0.39 is 44.0 Å². The number of imidazole rings is 1. The van der Waals surface area contributed by atoms with Gasteiger partial charge in [-0.05, 0) is 82.3 Å². The summed E-state index contributed by atoms with van der Waals surface area (Å²) in [7, 11) is -0.295. The molecule has 3 aromatic rings. The number of fused-ring (bicyclic) bond motifs is 1. The molecule has 2 aliphatic heterocycles. The van der Waals surface area contributed by atoms with Crippen molar-refractivity contribution >= 4 is 31.2 Å². The van der Waals surface area contributed by atoms with E-state index >= 15 is 0 Å². The molecule has 5 N–H and O–H groups in total. The van der Waals surface area contributed by atoms with E-state index in [1.54, 1.807) is 54.4 Å². The highest BCUT2D eigenvalue weighted by Crippen LogP contribution is 2.42. The normalized spacial score (nSPS) is 20.5. The van der Waals surface area contributed by atoms with Crippen LogP contribution >= 0.6 is 7.60 Å². The van der Waals surface area contributed by atoms with Crippen LogP contribution in [0.1, 0.15) is 68.7 Å². The maximum absolute atomic E-state index is 14.2. The van der Waals surface area contributed by atoms with Crippen LogP contribution in [0.3, 0.4) is 0 Å². The lowest BCUT2D eigenvalue weighted by Gasteiger charge is -2.32. The second-order valence-corrected chi connectivity index (χ2v) is 16.2. The molecule has 4 amide bonds. The molecule has 2 fully saturated rings. The summed E-state index contributed by atoms with van der Waals surface area (Å²) in [5.74, 6) is -0.986. The Morgan fingerprint density at radius 1 is 1.02 bits per heavy atom. The van der Waals surface area contributed by atoms with Gasteiger partial charge in [0.1, 0.15) is 23.9 Å². The molecule has 2 aromatic carbocycles. The molecule has 55 heavy (non-hydrogen) atoms. The van der Waals surface area contributed by atoms with E-state index in [1.165, 1.54) is 6.33 Å². The summed E-state index contributed by atoms with van der Waals surface area (Å²) in [5.41, 5.74) is 2.43. The van der Waals surface area contributed by atoms with Gasteiger partial charge in [-0.25, -0.2) is 4.98 Å².